The lowest BCUT2D eigenvalue weighted by molar-refractivity contribution is -0.161. The van der Waals surface area contributed by atoms with E-state index in [9.17, 15) is 24.6 Å². The van der Waals surface area contributed by atoms with Crippen molar-refractivity contribution in [3.8, 4) is 0 Å². The monoisotopic (exact) mass is 409 g/mol. The molecular formula is C19H27N3O5S. The number of likely N-dealkylation sites (N-methyl/N-ethyl adjacent to an activating group) is 1. The number of carboxylic acid groups (broad SMARTS) is 1. The molecular weight excluding hydrogens is 382 g/mol. The molecule has 3 aliphatic heterocycles. The fraction of sp³-hybridized carbons (Fsp3) is 0.632. The second kappa shape index (κ2) is 7.88. The largest absolute Gasteiger partial charge is 0.477 e. The number of thioether (sulfide) groups is 1. The molecule has 0 aromatic carbocycles. The van der Waals surface area contributed by atoms with Crippen molar-refractivity contribution < 1.29 is 24.6 Å². The number of aliphatic hydroxyl groups excluding tert-OH is 1. The summed E-state index contributed by atoms with van der Waals surface area (Å²) in [5.74, 6) is -1.96. The molecule has 2 saturated heterocycles. The number of amides is 2. The highest BCUT2D eigenvalue weighted by Gasteiger charge is 2.57. The first-order chi connectivity index (χ1) is 13.1. The summed E-state index contributed by atoms with van der Waals surface area (Å²) in [4.78, 5) is 39.6. The SMILES string of the molecule is CC(=C[C@@H]1C[C@H](SC2=C(C(=O)O)N3C(=O)[C@H]([C@@H](C)O)[C@H]3C2)CN1)C(=O)N(C)C. The van der Waals surface area contributed by atoms with Crippen molar-refractivity contribution >= 4 is 29.5 Å². The van der Waals surface area contributed by atoms with Gasteiger partial charge in [0, 0.05) is 48.8 Å². The van der Waals surface area contributed by atoms with Crippen LogP contribution in [0.15, 0.2) is 22.3 Å². The van der Waals surface area contributed by atoms with Crippen LogP contribution in [0, 0.1) is 5.92 Å². The van der Waals surface area contributed by atoms with Gasteiger partial charge in [0.05, 0.1) is 18.1 Å². The first kappa shape index (κ1) is 20.9. The minimum absolute atomic E-state index is 0.0309. The summed E-state index contributed by atoms with van der Waals surface area (Å²) in [6.45, 7) is 4.06. The Kier molecular flexibility index (Phi) is 5.88. The van der Waals surface area contributed by atoms with E-state index in [1.807, 2.05) is 6.08 Å². The quantitative estimate of drug-likeness (QED) is 0.430. The highest BCUT2D eigenvalue weighted by molar-refractivity contribution is 8.03. The number of β-lactam (4-membered cyclic amide) rings is 1. The lowest BCUT2D eigenvalue weighted by Crippen LogP contribution is -2.61. The number of carboxylic acids is 1. The molecule has 5 atom stereocenters. The van der Waals surface area contributed by atoms with E-state index in [4.69, 9.17) is 0 Å². The molecule has 0 bridgehead atoms. The van der Waals surface area contributed by atoms with Crippen LogP contribution in [-0.4, -0.2) is 81.9 Å². The van der Waals surface area contributed by atoms with Gasteiger partial charge in [0.1, 0.15) is 5.70 Å². The third-order valence-electron chi connectivity index (χ3n) is 5.52. The zero-order valence-corrected chi connectivity index (χ0v) is 17.3. The van der Waals surface area contributed by atoms with Gasteiger partial charge in [-0.25, -0.2) is 4.79 Å². The van der Waals surface area contributed by atoms with E-state index in [0.29, 0.717) is 23.4 Å². The summed E-state index contributed by atoms with van der Waals surface area (Å²) in [6.07, 6.45) is 2.39. The maximum absolute atomic E-state index is 12.3. The summed E-state index contributed by atoms with van der Waals surface area (Å²) in [5, 5.41) is 23.0. The van der Waals surface area contributed by atoms with Gasteiger partial charge in [0.25, 0.3) is 0 Å². The van der Waals surface area contributed by atoms with Crippen LogP contribution in [0.2, 0.25) is 0 Å². The Balaban J connectivity index is 1.68. The number of nitrogens with one attached hydrogen (secondary N) is 1. The van der Waals surface area contributed by atoms with E-state index in [2.05, 4.69) is 5.32 Å². The summed E-state index contributed by atoms with van der Waals surface area (Å²) >= 11 is 1.50. The molecule has 3 aliphatic rings. The molecule has 0 aromatic rings. The van der Waals surface area contributed by atoms with Crippen molar-refractivity contribution in [2.45, 2.75) is 50.1 Å². The molecule has 8 nitrogen and oxygen atoms in total. The molecule has 2 amide bonds. The van der Waals surface area contributed by atoms with Crippen LogP contribution < -0.4 is 5.32 Å². The fourth-order valence-electron chi connectivity index (χ4n) is 4.21. The number of aliphatic hydroxyl groups is 1. The van der Waals surface area contributed by atoms with Crippen molar-refractivity contribution in [2.75, 3.05) is 20.6 Å². The molecule has 2 fully saturated rings. The molecule has 0 radical (unpaired) electrons. The van der Waals surface area contributed by atoms with E-state index < -0.39 is 18.0 Å². The Hall–Kier alpha value is -1.84. The predicted molar refractivity (Wildman–Crippen MR) is 105 cm³/mol. The number of rotatable bonds is 6. The standard InChI is InChI=1S/C19H27N3O5S/c1-9(17(24)21(3)4)5-11-6-12(8-20-11)28-14-7-13-15(10(2)23)18(25)22(13)16(14)19(26)27/h5,10-13,15,20,23H,6-8H2,1-4H3,(H,26,27)/t10-,11-,12+,13-,15-/m1/s1. The van der Waals surface area contributed by atoms with E-state index in [0.717, 1.165) is 6.42 Å². The Labute approximate surface area is 168 Å². The average molecular weight is 410 g/mol. The molecule has 3 heterocycles. The van der Waals surface area contributed by atoms with Gasteiger partial charge in [-0.1, -0.05) is 6.08 Å². The van der Waals surface area contributed by atoms with Gasteiger partial charge in [-0.3, -0.25) is 9.59 Å². The summed E-state index contributed by atoms with van der Waals surface area (Å²) in [5.41, 5.74) is 0.740. The van der Waals surface area contributed by atoms with Crippen molar-refractivity contribution in [1.29, 1.82) is 0 Å². The number of fused-ring (bicyclic) bond motifs is 1. The van der Waals surface area contributed by atoms with E-state index in [1.54, 1.807) is 27.9 Å². The van der Waals surface area contributed by atoms with Crippen LogP contribution in [0.4, 0.5) is 0 Å². The number of nitrogens with zero attached hydrogens (tertiary/aromatic N) is 2. The normalized spacial score (nSPS) is 31.0. The fourth-order valence-corrected chi connectivity index (χ4v) is 5.66. The Morgan fingerprint density at radius 2 is 2.07 bits per heavy atom. The molecule has 28 heavy (non-hydrogen) atoms. The van der Waals surface area contributed by atoms with Gasteiger partial charge in [0.15, 0.2) is 0 Å². The van der Waals surface area contributed by atoms with Crippen LogP contribution >= 0.6 is 11.8 Å². The smallest absolute Gasteiger partial charge is 0.353 e. The second-order valence-corrected chi connectivity index (χ2v) is 9.26. The number of carbonyl (C=O) groups excluding carboxylic acids is 2. The van der Waals surface area contributed by atoms with Crippen LogP contribution in [0.3, 0.4) is 0 Å². The summed E-state index contributed by atoms with van der Waals surface area (Å²) < 4.78 is 0. The lowest BCUT2D eigenvalue weighted by atomic mass is 9.83. The molecule has 0 spiro atoms. The predicted octanol–water partition coefficient (Wildman–Crippen LogP) is 0.392. The van der Waals surface area contributed by atoms with E-state index in [1.165, 1.54) is 21.6 Å². The molecule has 9 heteroatoms. The first-order valence-electron chi connectivity index (χ1n) is 9.39. The Morgan fingerprint density at radius 3 is 2.64 bits per heavy atom. The first-order valence-corrected chi connectivity index (χ1v) is 10.3. The lowest BCUT2D eigenvalue weighted by Gasteiger charge is -2.44. The Bertz CT molecular complexity index is 761. The van der Waals surface area contributed by atoms with Gasteiger partial charge < -0.3 is 25.3 Å². The van der Waals surface area contributed by atoms with E-state index >= 15 is 0 Å². The number of aliphatic carboxylic acids is 1. The maximum Gasteiger partial charge on any atom is 0.353 e. The minimum atomic E-state index is -1.10. The molecule has 154 valence electrons. The number of carbonyl (C=O) groups is 3. The number of hydrogen-bond acceptors (Lipinski definition) is 6. The molecule has 0 aliphatic carbocycles. The van der Waals surface area contributed by atoms with Gasteiger partial charge in [-0.2, -0.15) is 0 Å². The van der Waals surface area contributed by atoms with Crippen LogP contribution in [0.1, 0.15) is 26.7 Å². The summed E-state index contributed by atoms with van der Waals surface area (Å²) in [6, 6.07) is -0.202. The van der Waals surface area contributed by atoms with Crippen LogP contribution in [-0.2, 0) is 14.4 Å². The van der Waals surface area contributed by atoms with Crippen molar-refractivity contribution in [1.82, 2.24) is 15.1 Å². The van der Waals surface area contributed by atoms with Gasteiger partial charge in [0.2, 0.25) is 11.8 Å². The average Bonchev–Trinajstić information content (AvgIpc) is 3.16. The number of hydrogen-bond donors (Lipinski definition) is 3. The Morgan fingerprint density at radius 1 is 1.39 bits per heavy atom. The zero-order chi connectivity index (χ0) is 20.7. The molecule has 0 unspecified atom stereocenters. The molecule has 3 N–H and O–H groups in total. The minimum Gasteiger partial charge on any atom is -0.477 e. The third kappa shape index (κ3) is 3.70. The van der Waals surface area contributed by atoms with Gasteiger partial charge >= 0.3 is 5.97 Å². The van der Waals surface area contributed by atoms with Crippen molar-refractivity contribution in [3.05, 3.63) is 22.3 Å². The van der Waals surface area contributed by atoms with Crippen LogP contribution in [0.25, 0.3) is 0 Å². The molecule has 3 rings (SSSR count). The molecule has 0 saturated carbocycles. The second-order valence-electron chi connectivity index (χ2n) is 7.86. The topological polar surface area (TPSA) is 110 Å². The van der Waals surface area contributed by atoms with Crippen molar-refractivity contribution in [3.63, 3.8) is 0 Å². The highest BCUT2D eigenvalue weighted by atomic mass is 32.2. The summed E-state index contributed by atoms with van der Waals surface area (Å²) in [7, 11) is 3.43. The highest BCUT2D eigenvalue weighted by Crippen LogP contribution is 2.48. The third-order valence-corrected chi connectivity index (χ3v) is 6.86. The molecule has 0 aromatic heterocycles. The van der Waals surface area contributed by atoms with E-state index in [-0.39, 0.29) is 34.8 Å². The van der Waals surface area contributed by atoms with Crippen LogP contribution in [0.5, 0.6) is 0 Å². The maximum atomic E-state index is 12.3. The van der Waals surface area contributed by atoms with Gasteiger partial charge in [-0.05, 0) is 20.3 Å². The van der Waals surface area contributed by atoms with Crippen molar-refractivity contribution in [2.24, 2.45) is 5.92 Å². The van der Waals surface area contributed by atoms with Gasteiger partial charge in [-0.15, -0.1) is 11.8 Å². The zero-order valence-electron chi connectivity index (χ0n) is 16.5.